The zero-order valence-corrected chi connectivity index (χ0v) is 15.3. The summed E-state index contributed by atoms with van der Waals surface area (Å²) in [5.74, 6) is 0. The Hall–Kier alpha value is -2.22. The van der Waals surface area contributed by atoms with Crippen molar-refractivity contribution in [3.05, 3.63) is 69.7 Å². The largest absolute Gasteiger partial charge is 0.284 e. The van der Waals surface area contributed by atoms with Gasteiger partial charge in [-0.15, -0.1) is 0 Å². The summed E-state index contributed by atoms with van der Waals surface area (Å²) in [4.78, 5) is 9.27. The molecule has 0 amide bonds. The third kappa shape index (κ3) is 2.82. The summed E-state index contributed by atoms with van der Waals surface area (Å²) in [6, 6.07) is 16.9. The second-order valence-corrected chi connectivity index (χ2v) is 8.47. The van der Waals surface area contributed by atoms with Gasteiger partial charge in [0.2, 0.25) is 0 Å². The van der Waals surface area contributed by atoms with E-state index in [1.54, 1.807) is 0 Å². The van der Waals surface area contributed by atoms with Crippen LogP contribution in [-0.2, 0) is 0 Å². The molecule has 0 N–H and O–H groups in total. The molecule has 0 aromatic heterocycles. The first-order valence-electron chi connectivity index (χ1n) is 10.0. The van der Waals surface area contributed by atoms with Crippen LogP contribution in [0, 0.1) is 10.8 Å². The zero-order valence-electron chi connectivity index (χ0n) is 15.3. The Morgan fingerprint density at radius 2 is 1.00 bits per heavy atom. The Balaban J connectivity index is 0.000000115. The first kappa shape index (κ1) is 16.0. The number of nitrogens with zero attached hydrogens (tertiary/aromatic N) is 2. The van der Waals surface area contributed by atoms with Crippen molar-refractivity contribution in [1.29, 1.82) is 0 Å². The van der Waals surface area contributed by atoms with Gasteiger partial charge < -0.3 is 0 Å². The molecule has 4 aliphatic rings. The van der Waals surface area contributed by atoms with Crippen molar-refractivity contribution in [3.63, 3.8) is 0 Å². The number of benzene rings is 2. The summed E-state index contributed by atoms with van der Waals surface area (Å²) in [7, 11) is 0. The summed E-state index contributed by atoms with van der Waals surface area (Å²) < 4.78 is 0. The van der Waals surface area contributed by atoms with E-state index in [9.17, 15) is 0 Å². The Morgan fingerprint density at radius 3 is 1.38 bits per heavy atom. The van der Waals surface area contributed by atoms with Crippen LogP contribution in [-0.4, -0.2) is 13.1 Å². The molecule has 2 spiro atoms. The lowest BCUT2D eigenvalue weighted by Gasteiger charge is -2.39. The fourth-order valence-electron chi connectivity index (χ4n) is 4.61. The molecule has 0 unspecified atom stereocenters. The second kappa shape index (κ2) is 6.19. The topological polar surface area (TPSA) is 24.7 Å². The predicted molar refractivity (Wildman–Crippen MR) is 106 cm³/mol. The van der Waals surface area contributed by atoms with E-state index in [1.165, 1.54) is 59.7 Å². The van der Waals surface area contributed by atoms with Crippen LogP contribution in [0.1, 0.15) is 38.5 Å². The van der Waals surface area contributed by atoms with Crippen molar-refractivity contribution in [2.24, 2.45) is 20.8 Å². The van der Waals surface area contributed by atoms with E-state index in [-0.39, 0.29) is 0 Å². The van der Waals surface area contributed by atoms with Crippen LogP contribution < -0.4 is 21.2 Å². The third-order valence-corrected chi connectivity index (χ3v) is 6.62. The van der Waals surface area contributed by atoms with E-state index in [0.717, 1.165) is 13.1 Å². The number of hydrogen-bond acceptors (Lipinski definition) is 2. The van der Waals surface area contributed by atoms with Crippen molar-refractivity contribution in [1.82, 2.24) is 0 Å². The fraction of sp³-hybridized carbons (Fsp3) is 0.417. The van der Waals surface area contributed by atoms with Crippen LogP contribution in [0.5, 0.6) is 0 Å². The molecule has 6 rings (SSSR count). The molecule has 2 heteroatoms. The minimum absolute atomic E-state index is 0.453. The Labute approximate surface area is 154 Å². The highest BCUT2D eigenvalue weighted by Gasteiger charge is 2.36. The van der Waals surface area contributed by atoms with Gasteiger partial charge in [-0.3, -0.25) is 9.98 Å². The average Bonchev–Trinajstić information content (AvgIpc) is 2.65. The van der Waals surface area contributed by atoms with Gasteiger partial charge in [0.25, 0.3) is 0 Å². The molecule has 0 saturated heterocycles. The van der Waals surface area contributed by atoms with Gasteiger partial charge in [0.1, 0.15) is 0 Å². The van der Waals surface area contributed by atoms with Gasteiger partial charge in [0, 0.05) is 23.9 Å². The molecule has 0 radical (unpaired) electrons. The molecule has 2 aromatic rings. The molecule has 2 aromatic carbocycles. The van der Waals surface area contributed by atoms with Gasteiger partial charge in [-0.05, 0) is 48.3 Å². The van der Waals surface area contributed by atoms with Gasteiger partial charge in [-0.2, -0.15) is 0 Å². The monoisotopic (exact) mass is 342 g/mol. The average molecular weight is 342 g/mol. The SMILES string of the molecule is C1=c2ccccc2=NCC12CCC2.C1=c2ccccc2=NCC12CCC2. The van der Waals surface area contributed by atoms with E-state index in [4.69, 9.17) is 0 Å². The molecule has 0 atom stereocenters. The maximum Gasteiger partial charge on any atom is 0.0643 e. The highest BCUT2D eigenvalue weighted by molar-refractivity contribution is 5.38. The molecule has 26 heavy (non-hydrogen) atoms. The summed E-state index contributed by atoms with van der Waals surface area (Å²) in [6.45, 7) is 2.04. The molecular weight excluding hydrogens is 316 g/mol. The van der Waals surface area contributed by atoms with Crippen molar-refractivity contribution < 1.29 is 0 Å². The quantitative estimate of drug-likeness (QED) is 0.703. The number of fused-ring (bicyclic) bond motifs is 2. The van der Waals surface area contributed by atoms with Crippen LogP contribution in [0.2, 0.25) is 0 Å². The number of hydrogen-bond donors (Lipinski definition) is 0. The van der Waals surface area contributed by atoms with Gasteiger partial charge in [0.15, 0.2) is 0 Å². The molecule has 2 aliphatic heterocycles. The van der Waals surface area contributed by atoms with Crippen molar-refractivity contribution in [2.75, 3.05) is 13.1 Å². The highest BCUT2D eigenvalue weighted by atomic mass is 14.8. The third-order valence-electron chi connectivity index (χ3n) is 6.62. The second-order valence-electron chi connectivity index (χ2n) is 8.47. The lowest BCUT2D eigenvalue weighted by atomic mass is 9.68. The Bertz CT molecular complexity index is 968. The molecule has 2 aliphatic carbocycles. The summed E-state index contributed by atoms with van der Waals surface area (Å²) in [5.41, 5.74) is 0.905. The number of rotatable bonds is 0. The number of para-hydroxylation sites is 2. The van der Waals surface area contributed by atoms with E-state index in [0.29, 0.717) is 10.8 Å². The maximum atomic E-state index is 4.64. The highest BCUT2D eigenvalue weighted by Crippen LogP contribution is 2.43. The van der Waals surface area contributed by atoms with Crippen molar-refractivity contribution in [3.8, 4) is 0 Å². The Morgan fingerprint density at radius 1 is 0.577 bits per heavy atom. The van der Waals surface area contributed by atoms with Gasteiger partial charge in [-0.25, -0.2) is 0 Å². The normalized spacial score (nSPS) is 22.5. The lowest BCUT2D eigenvalue weighted by molar-refractivity contribution is 0.233. The van der Waals surface area contributed by atoms with E-state index in [2.05, 4.69) is 70.7 Å². The Kier molecular flexibility index (Phi) is 3.81. The molecule has 2 heterocycles. The standard InChI is InChI=1S/2C12H13N/c2*1-2-5-11-10(4-1)8-12(9-13-11)6-3-7-12/h2*1-2,4-5,8H,3,6-7,9H2. The van der Waals surface area contributed by atoms with E-state index < -0.39 is 0 Å². The van der Waals surface area contributed by atoms with E-state index in [1.807, 2.05) is 0 Å². The van der Waals surface area contributed by atoms with Gasteiger partial charge >= 0.3 is 0 Å². The zero-order chi connectivity index (χ0) is 17.5. The smallest absolute Gasteiger partial charge is 0.0643 e. The van der Waals surface area contributed by atoms with Crippen LogP contribution in [0.15, 0.2) is 58.5 Å². The summed E-state index contributed by atoms with van der Waals surface area (Å²) in [5, 5.41) is 5.04. The summed E-state index contributed by atoms with van der Waals surface area (Å²) in [6.07, 6.45) is 13.0. The molecule has 2 fully saturated rings. The first-order chi connectivity index (χ1) is 12.8. The minimum Gasteiger partial charge on any atom is -0.284 e. The van der Waals surface area contributed by atoms with Crippen LogP contribution in [0.3, 0.4) is 0 Å². The molecular formula is C24H26N2. The van der Waals surface area contributed by atoms with Gasteiger partial charge in [0.05, 0.1) is 10.7 Å². The lowest BCUT2D eigenvalue weighted by Crippen LogP contribution is -2.40. The van der Waals surface area contributed by atoms with Crippen molar-refractivity contribution >= 4 is 12.2 Å². The molecule has 0 bridgehead atoms. The predicted octanol–water partition coefficient (Wildman–Crippen LogP) is 2.54. The van der Waals surface area contributed by atoms with Crippen molar-refractivity contribution in [2.45, 2.75) is 38.5 Å². The van der Waals surface area contributed by atoms with Gasteiger partial charge in [-0.1, -0.05) is 61.4 Å². The molecule has 132 valence electrons. The van der Waals surface area contributed by atoms with Crippen LogP contribution in [0.25, 0.3) is 12.2 Å². The van der Waals surface area contributed by atoms with Crippen LogP contribution >= 0.6 is 0 Å². The van der Waals surface area contributed by atoms with E-state index >= 15 is 0 Å². The van der Waals surface area contributed by atoms with Crippen LogP contribution in [0.4, 0.5) is 0 Å². The molecule has 2 saturated carbocycles. The fourth-order valence-corrected chi connectivity index (χ4v) is 4.61. The minimum atomic E-state index is 0.453. The first-order valence-corrected chi connectivity index (χ1v) is 10.0. The maximum absolute atomic E-state index is 4.64. The molecule has 2 nitrogen and oxygen atoms in total. The summed E-state index contributed by atoms with van der Waals surface area (Å²) >= 11 is 0.